The first kappa shape index (κ1) is 12.7. The van der Waals surface area contributed by atoms with Crippen LogP contribution in [0.25, 0.3) is 0 Å². The lowest BCUT2D eigenvalue weighted by Crippen LogP contribution is -2.59. The zero-order chi connectivity index (χ0) is 13.7. The van der Waals surface area contributed by atoms with Gasteiger partial charge in [0.2, 0.25) is 0 Å². The Balaban J connectivity index is 1.88. The fraction of sp³-hybridized carbons (Fsp3) is 0.667. The molecule has 0 aromatic heterocycles. The van der Waals surface area contributed by atoms with E-state index in [9.17, 15) is 0 Å². The molecule has 1 aromatic rings. The quantitative estimate of drug-likeness (QED) is 0.777. The van der Waals surface area contributed by atoms with Crippen LogP contribution in [0.1, 0.15) is 36.8 Å². The highest BCUT2D eigenvalue weighted by atomic mass is 16.5. The smallest absolute Gasteiger partial charge is 0.119 e. The van der Waals surface area contributed by atoms with E-state index in [-0.39, 0.29) is 0 Å². The number of hydrogen-bond donors (Lipinski definition) is 0. The Morgan fingerprint density at radius 3 is 3.05 bits per heavy atom. The molecule has 1 saturated carbocycles. The minimum atomic E-state index is 0.415. The van der Waals surface area contributed by atoms with Crippen molar-refractivity contribution >= 4 is 0 Å². The lowest BCUT2D eigenvalue weighted by molar-refractivity contribution is 0.00592. The number of likely N-dealkylation sites (N-methyl/N-ethyl adjacent to an activating group) is 1. The largest absolute Gasteiger partial charge is 0.497 e. The third-order valence-electron chi connectivity index (χ3n) is 6.10. The molecule has 108 valence electrons. The molecule has 1 aromatic carbocycles. The van der Waals surface area contributed by atoms with Gasteiger partial charge < -0.3 is 9.64 Å². The monoisotopic (exact) mass is 271 g/mol. The normalized spacial score (nSPS) is 36.1. The van der Waals surface area contributed by atoms with E-state index >= 15 is 0 Å². The van der Waals surface area contributed by atoms with Crippen LogP contribution in [0.4, 0.5) is 0 Å². The molecular formula is C18H25NO. The highest BCUT2D eigenvalue weighted by molar-refractivity contribution is 5.45. The molecule has 20 heavy (non-hydrogen) atoms. The summed E-state index contributed by atoms with van der Waals surface area (Å²) in [4.78, 5) is 2.58. The van der Waals surface area contributed by atoms with Crippen molar-refractivity contribution in [3.05, 3.63) is 29.3 Å². The van der Waals surface area contributed by atoms with Crippen LogP contribution in [0.5, 0.6) is 5.75 Å². The van der Waals surface area contributed by atoms with E-state index in [0.29, 0.717) is 5.41 Å². The van der Waals surface area contributed by atoms with E-state index in [1.807, 2.05) is 0 Å². The van der Waals surface area contributed by atoms with Crippen molar-refractivity contribution in [1.29, 1.82) is 0 Å². The molecule has 1 saturated heterocycles. The van der Waals surface area contributed by atoms with E-state index in [1.165, 1.54) is 45.2 Å². The van der Waals surface area contributed by atoms with Gasteiger partial charge in [0.25, 0.3) is 0 Å². The van der Waals surface area contributed by atoms with Gasteiger partial charge in [0.15, 0.2) is 0 Å². The molecule has 0 amide bonds. The van der Waals surface area contributed by atoms with Gasteiger partial charge >= 0.3 is 0 Å². The van der Waals surface area contributed by atoms with Crippen molar-refractivity contribution < 1.29 is 4.74 Å². The number of hydrogen-bond acceptors (Lipinski definition) is 2. The second-order valence-corrected chi connectivity index (χ2v) is 7.19. The van der Waals surface area contributed by atoms with Crippen LogP contribution in [0.3, 0.4) is 0 Å². The van der Waals surface area contributed by atoms with E-state index in [2.05, 4.69) is 30.1 Å². The van der Waals surface area contributed by atoms with Crippen molar-refractivity contribution in [2.45, 2.75) is 37.5 Å². The fourth-order valence-electron chi connectivity index (χ4n) is 5.46. The second kappa shape index (κ2) is 4.49. The Hall–Kier alpha value is -1.02. The average molecular weight is 271 g/mol. The van der Waals surface area contributed by atoms with Crippen molar-refractivity contribution in [1.82, 2.24) is 4.90 Å². The average Bonchev–Trinajstić information content (AvgIpc) is 2.46. The molecule has 0 spiro atoms. The zero-order valence-electron chi connectivity index (χ0n) is 12.7. The van der Waals surface area contributed by atoms with Crippen molar-refractivity contribution in [3.63, 3.8) is 0 Å². The summed E-state index contributed by atoms with van der Waals surface area (Å²) >= 11 is 0. The first-order valence-corrected chi connectivity index (χ1v) is 8.09. The molecule has 0 N–H and O–H groups in total. The van der Waals surface area contributed by atoms with Crippen LogP contribution in [0.2, 0.25) is 0 Å². The van der Waals surface area contributed by atoms with Crippen LogP contribution >= 0.6 is 0 Å². The molecule has 2 bridgehead atoms. The Labute approximate surface area is 122 Å². The number of methoxy groups -OCH3 is 1. The summed E-state index contributed by atoms with van der Waals surface area (Å²) in [6.45, 7) is 2.53. The Morgan fingerprint density at radius 2 is 2.20 bits per heavy atom. The number of rotatable bonds is 1. The summed E-state index contributed by atoms with van der Waals surface area (Å²) in [7, 11) is 4.10. The summed E-state index contributed by atoms with van der Waals surface area (Å²) in [6.07, 6.45) is 6.92. The van der Waals surface area contributed by atoms with E-state index in [0.717, 1.165) is 17.6 Å². The zero-order valence-corrected chi connectivity index (χ0v) is 12.7. The van der Waals surface area contributed by atoms with Crippen molar-refractivity contribution in [2.75, 3.05) is 27.2 Å². The standard InChI is InChI=1S/C18H25NO/c1-19-11-14-9-13-6-7-15(20-2)10-17(13)18(12-19)8-4-3-5-16(14)18/h6-7,10,14,16H,3-5,8-9,11-12H2,1-2H3. The van der Waals surface area contributed by atoms with Crippen molar-refractivity contribution in [2.24, 2.45) is 11.8 Å². The molecule has 1 heterocycles. The topological polar surface area (TPSA) is 12.5 Å². The Bertz CT molecular complexity index is 526. The Morgan fingerprint density at radius 1 is 1.30 bits per heavy atom. The summed E-state index contributed by atoms with van der Waals surface area (Å²) in [6, 6.07) is 6.83. The summed E-state index contributed by atoms with van der Waals surface area (Å²) in [5.74, 6) is 2.82. The van der Waals surface area contributed by atoms with Gasteiger partial charge in [-0.15, -0.1) is 0 Å². The van der Waals surface area contributed by atoms with Crippen LogP contribution in [0.15, 0.2) is 18.2 Å². The fourth-order valence-corrected chi connectivity index (χ4v) is 5.46. The van der Waals surface area contributed by atoms with Crippen LogP contribution in [-0.2, 0) is 11.8 Å². The molecule has 3 atom stereocenters. The van der Waals surface area contributed by atoms with Crippen LogP contribution in [-0.4, -0.2) is 32.1 Å². The number of ether oxygens (including phenoxy) is 1. The number of piperidine rings is 1. The first-order valence-electron chi connectivity index (χ1n) is 8.09. The number of nitrogens with zero attached hydrogens (tertiary/aromatic N) is 1. The molecule has 2 aliphatic carbocycles. The molecular weight excluding hydrogens is 246 g/mol. The predicted octanol–water partition coefficient (Wildman–Crippen LogP) is 3.24. The lowest BCUT2D eigenvalue weighted by Gasteiger charge is -2.58. The summed E-state index contributed by atoms with van der Waals surface area (Å²) < 4.78 is 5.51. The number of fused-ring (bicyclic) bond motifs is 1. The molecule has 2 nitrogen and oxygen atoms in total. The molecule has 3 aliphatic rings. The van der Waals surface area contributed by atoms with Gasteiger partial charge in [-0.05, 0) is 61.4 Å². The first-order chi connectivity index (χ1) is 9.73. The van der Waals surface area contributed by atoms with Crippen LogP contribution in [0, 0.1) is 11.8 Å². The maximum Gasteiger partial charge on any atom is 0.119 e. The second-order valence-electron chi connectivity index (χ2n) is 7.19. The predicted molar refractivity (Wildman–Crippen MR) is 81.3 cm³/mol. The summed E-state index contributed by atoms with van der Waals surface area (Å²) in [5.41, 5.74) is 3.63. The summed E-state index contributed by atoms with van der Waals surface area (Å²) in [5, 5.41) is 0. The Kier molecular flexibility index (Phi) is 2.85. The highest BCUT2D eigenvalue weighted by Gasteiger charge is 2.52. The third-order valence-corrected chi connectivity index (χ3v) is 6.10. The van der Waals surface area contributed by atoms with Gasteiger partial charge in [0, 0.05) is 18.5 Å². The van der Waals surface area contributed by atoms with Gasteiger partial charge in [0.05, 0.1) is 7.11 Å². The number of benzene rings is 1. The SMILES string of the molecule is COc1ccc2c(c1)C13CCCCC1C(C2)CN(C)C3. The van der Waals surface area contributed by atoms with E-state index in [1.54, 1.807) is 18.2 Å². The number of likely N-dealkylation sites (tertiary alicyclic amines) is 1. The minimum Gasteiger partial charge on any atom is -0.497 e. The molecule has 0 radical (unpaired) electrons. The van der Waals surface area contributed by atoms with Crippen molar-refractivity contribution in [3.8, 4) is 5.75 Å². The lowest BCUT2D eigenvalue weighted by atomic mass is 9.52. The maximum absolute atomic E-state index is 5.51. The van der Waals surface area contributed by atoms with Gasteiger partial charge in [-0.3, -0.25) is 0 Å². The molecule has 2 heteroatoms. The third kappa shape index (κ3) is 1.67. The van der Waals surface area contributed by atoms with Gasteiger partial charge in [-0.1, -0.05) is 18.9 Å². The minimum absolute atomic E-state index is 0.415. The molecule has 4 rings (SSSR count). The molecule has 2 fully saturated rings. The van der Waals surface area contributed by atoms with Gasteiger partial charge in [0.1, 0.15) is 5.75 Å². The van der Waals surface area contributed by atoms with Crippen LogP contribution < -0.4 is 4.74 Å². The van der Waals surface area contributed by atoms with Gasteiger partial charge in [-0.2, -0.15) is 0 Å². The van der Waals surface area contributed by atoms with E-state index < -0.39 is 0 Å². The highest BCUT2D eigenvalue weighted by Crippen LogP contribution is 2.55. The maximum atomic E-state index is 5.51. The molecule has 1 aliphatic heterocycles. The molecule has 3 unspecified atom stereocenters. The van der Waals surface area contributed by atoms with Gasteiger partial charge in [-0.25, -0.2) is 0 Å². The van der Waals surface area contributed by atoms with E-state index in [4.69, 9.17) is 4.74 Å².